The monoisotopic (exact) mass is 383 g/mol. The molecule has 1 amide bonds. The van der Waals surface area contributed by atoms with Crippen LogP contribution in [0.4, 0.5) is 10.1 Å². The smallest absolute Gasteiger partial charge is 0.237 e. The van der Waals surface area contributed by atoms with Gasteiger partial charge in [-0.3, -0.25) is 14.3 Å². The first-order valence-corrected chi connectivity index (χ1v) is 9.14. The standard InChI is InChI=1S/C19H18FN5OS/c1-3-10-25-17(14-6-5-9-21-12-14)23-24-19(25)27-13(2)18(26)22-16-8-4-7-15(20)11-16/h3-9,11-13H,1,10H2,2H3,(H,22,26)/t13-/m1/s1. The van der Waals surface area contributed by atoms with E-state index in [0.29, 0.717) is 23.2 Å². The lowest BCUT2D eigenvalue weighted by molar-refractivity contribution is -0.115. The molecule has 0 aliphatic carbocycles. The molecule has 0 aliphatic heterocycles. The summed E-state index contributed by atoms with van der Waals surface area (Å²) in [6, 6.07) is 9.50. The highest BCUT2D eigenvalue weighted by atomic mass is 32.2. The molecule has 3 aromatic rings. The van der Waals surface area contributed by atoms with E-state index < -0.39 is 11.1 Å². The van der Waals surface area contributed by atoms with Crippen molar-refractivity contribution in [3.63, 3.8) is 0 Å². The molecule has 6 nitrogen and oxygen atoms in total. The van der Waals surface area contributed by atoms with Crippen LogP contribution in [-0.4, -0.2) is 30.9 Å². The SMILES string of the molecule is C=CCn1c(S[C@H](C)C(=O)Nc2cccc(F)c2)nnc1-c1cccnc1. The molecule has 27 heavy (non-hydrogen) atoms. The van der Waals surface area contributed by atoms with Gasteiger partial charge < -0.3 is 5.32 Å². The van der Waals surface area contributed by atoms with Gasteiger partial charge in [-0.05, 0) is 37.3 Å². The lowest BCUT2D eigenvalue weighted by atomic mass is 10.3. The third kappa shape index (κ3) is 4.59. The Morgan fingerprint density at radius 3 is 2.93 bits per heavy atom. The predicted molar refractivity (Wildman–Crippen MR) is 104 cm³/mol. The van der Waals surface area contributed by atoms with Crippen molar-refractivity contribution in [3.05, 3.63) is 67.3 Å². The summed E-state index contributed by atoms with van der Waals surface area (Å²) in [5.74, 6) is 0.00450. The predicted octanol–water partition coefficient (Wildman–Crippen LogP) is 3.78. The molecule has 2 heterocycles. The molecule has 0 radical (unpaired) electrons. The fourth-order valence-electron chi connectivity index (χ4n) is 2.40. The van der Waals surface area contributed by atoms with Crippen LogP contribution in [0.5, 0.6) is 0 Å². The van der Waals surface area contributed by atoms with Gasteiger partial charge in [0.2, 0.25) is 5.91 Å². The third-order valence-electron chi connectivity index (χ3n) is 3.69. The number of hydrogen-bond acceptors (Lipinski definition) is 5. The van der Waals surface area contributed by atoms with Gasteiger partial charge in [0, 0.05) is 30.2 Å². The van der Waals surface area contributed by atoms with Crippen molar-refractivity contribution >= 4 is 23.4 Å². The zero-order valence-electron chi connectivity index (χ0n) is 14.7. The topological polar surface area (TPSA) is 72.7 Å². The van der Waals surface area contributed by atoms with E-state index >= 15 is 0 Å². The van der Waals surface area contributed by atoms with Gasteiger partial charge in [-0.1, -0.05) is 23.9 Å². The van der Waals surface area contributed by atoms with Crippen LogP contribution in [-0.2, 0) is 11.3 Å². The van der Waals surface area contributed by atoms with Crippen LogP contribution >= 0.6 is 11.8 Å². The number of amides is 1. The first-order valence-electron chi connectivity index (χ1n) is 8.26. The molecule has 0 spiro atoms. The number of rotatable bonds is 7. The molecule has 1 N–H and O–H groups in total. The van der Waals surface area contributed by atoms with Gasteiger partial charge in [0.1, 0.15) is 5.82 Å². The minimum absolute atomic E-state index is 0.248. The maximum Gasteiger partial charge on any atom is 0.237 e. The second-order valence-electron chi connectivity index (χ2n) is 5.71. The number of anilines is 1. The summed E-state index contributed by atoms with van der Waals surface area (Å²) in [7, 11) is 0. The van der Waals surface area contributed by atoms with Crippen LogP contribution in [0.15, 0.2) is 66.6 Å². The molecule has 2 aromatic heterocycles. The Morgan fingerprint density at radius 1 is 1.37 bits per heavy atom. The Balaban J connectivity index is 1.77. The maximum atomic E-state index is 13.3. The zero-order chi connectivity index (χ0) is 19.2. The molecule has 138 valence electrons. The third-order valence-corrected chi connectivity index (χ3v) is 4.77. The summed E-state index contributed by atoms with van der Waals surface area (Å²) in [4.78, 5) is 16.5. The average molecular weight is 383 g/mol. The van der Waals surface area contributed by atoms with Crippen LogP contribution in [0, 0.1) is 5.82 Å². The molecule has 0 bridgehead atoms. The molecule has 3 rings (SSSR count). The van der Waals surface area contributed by atoms with Gasteiger partial charge in [0.05, 0.1) is 5.25 Å². The fraction of sp³-hybridized carbons (Fsp3) is 0.158. The highest BCUT2D eigenvalue weighted by Gasteiger charge is 2.20. The van der Waals surface area contributed by atoms with E-state index in [0.717, 1.165) is 5.56 Å². The van der Waals surface area contributed by atoms with Gasteiger partial charge in [0.25, 0.3) is 0 Å². The van der Waals surface area contributed by atoms with Crippen LogP contribution in [0.25, 0.3) is 11.4 Å². The largest absolute Gasteiger partial charge is 0.325 e. The number of halogens is 1. The number of carbonyl (C=O) groups excluding carboxylic acids is 1. The van der Waals surface area contributed by atoms with E-state index in [9.17, 15) is 9.18 Å². The zero-order valence-corrected chi connectivity index (χ0v) is 15.5. The van der Waals surface area contributed by atoms with E-state index in [1.807, 2.05) is 16.7 Å². The van der Waals surface area contributed by atoms with Crippen molar-refractivity contribution in [3.8, 4) is 11.4 Å². The number of allylic oxidation sites excluding steroid dienone is 1. The number of pyridine rings is 1. The van der Waals surface area contributed by atoms with Crippen molar-refractivity contribution in [1.82, 2.24) is 19.7 Å². The van der Waals surface area contributed by atoms with Gasteiger partial charge in [-0.25, -0.2) is 4.39 Å². The Bertz CT molecular complexity index is 944. The normalized spacial score (nSPS) is 11.8. The van der Waals surface area contributed by atoms with E-state index in [1.165, 1.54) is 23.9 Å². The van der Waals surface area contributed by atoms with Crippen LogP contribution in [0.2, 0.25) is 0 Å². The summed E-state index contributed by atoms with van der Waals surface area (Å²) in [5, 5.41) is 11.3. The molecule has 1 aromatic carbocycles. The summed E-state index contributed by atoms with van der Waals surface area (Å²) >= 11 is 1.27. The first kappa shape index (κ1) is 18.8. The molecular weight excluding hydrogens is 365 g/mol. The van der Waals surface area contributed by atoms with E-state index in [1.54, 1.807) is 37.5 Å². The van der Waals surface area contributed by atoms with Gasteiger partial charge in [-0.2, -0.15) is 0 Å². The van der Waals surface area contributed by atoms with Crippen molar-refractivity contribution < 1.29 is 9.18 Å². The van der Waals surface area contributed by atoms with Crippen LogP contribution in [0.1, 0.15) is 6.92 Å². The molecular formula is C19H18FN5OS. The number of nitrogens with one attached hydrogen (secondary N) is 1. The molecule has 1 atom stereocenters. The highest BCUT2D eigenvalue weighted by Crippen LogP contribution is 2.27. The summed E-state index contributed by atoms with van der Waals surface area (Å²) in [6.07, 6.45) is 5.13. The highest BCUT2D eigenvalue weighted by molar-refractivity contribution is 8.00. The number of thioether (sulfide) groups is 1. The number of hydrogen-bond donors (Lipinski definition) is 1. The maximum absolute atomic E-state index is 13.3. The second-order valence-corrected chi connectivity index (χ2v) is 7.01. The van der Waals surface area contributed by atoms with E-state index in [2.05, 4.69) is 27.1 Å². The number of nitrogens with zero attached hydrogens (tertiary/aromatic N) is 4. The fourth-order valence-corrected chi connectivity index (χ4v) is 3.26. The van der Waals surface area contributed by atoms with E-state index in [4.69, 9.17) is 0 Å². The van der Waals surface area contributed by atoms with Crippen molar-refractivity contribution in [1.29, 1.82) is 0 Å². The summed E-state index contributed by atoms with van der Waals surface area (Å²) < 4.78 is 15.2. The Labute approximate surface area is 160 Å². The molecule has 8 heteroatoms. The van der Waals surface area contributed by atoms with Crippen LogP contribution in [0.3, 0.4) is 0 Å². The van der Waals surface area contributed by atoms with Crippen molar-refractivity contribution in [2.24, 2.45) is 0 Å². The molecule has 0 unspecified atom stereocenters. The number of benzene rings is 1. The van der Waals surface area contributed by atoms with Crippen molar-refractivity contribution in [2.45, 2.75) is 23.9 Å². The molecule has 0 aliphatic rings. The molecule has 0 fully saturated rings. The second kappa shape index (κ2) is 8.59. The Hall–Kier alpha value is -3.00. The Kier molecular flexibility index (Phi) is 5.97. The minimum Gasteiger partial charge on any atom is -0.325 e. The molecule has 0 saturated heterocycles. The lowest BCUT2D eigenvalue weighted by Crippen LogP contribution is -2.23. The molecule has 0 saturated carbocycles. The van der Waals surface area contributed by atoms with Gasteiger partial charge in [-0.15, -0.1) is 16.8 Å². The Morgan fingerprint density at radius 2 is 2.22 bits per heavy atom. The first-order chi connectivity index (χ1) is 13.1. The summed E-state index contributed by atoms with van der Waals surface area (Å²) in [5.41, 5.74) is 1.24. The lowest BCUT2D eigenvalue weighted by Gasteiger charge is -2.13. The van der Waals surface area contributed by atoms with E-state index in [-0.39, 0.29) is 5.91 Å². The summed E-state index contributed by atoms with van der Waals surface area (Å²) in [6.45, 7) is 6.03. The van der Waals surface area contributed by atoms with Gasteiger partial charge in [0.15, 0.2) is 11.0 Å². The van der Waals surface area contributed by atoms with Crippen LogP contribution < -0.4 is 5.32 Å². The van der Waals surface area contributed by atoms with Crippen molar-refractivity contribution in [2.75, 3.05) is 5.32 Å². The average Bonchev–Trinajstić information content (AvgIpc) is 3.05. The quantitative estimate of drug-likeness (QED) is 0.496. The number of aromatic nitrogens is 4. The minimum atomic E-state index is -0.456. The number of carbonyl (C=O) groups is 1. The van der Waals surface area contributed by atoms with Gasteiger partial charge >= 0.3 is 0 Å².